The van der Waals surface area contributed by atoms with Gasteiger partial charge in [-0.15, -0.1) is 10.2 Å². The van der Waals surface area contributed by atoms with Crippen LogP contribution in [-0.4, -0.2) is 21.9 Å². The van der Waals surface area contributed by atoms with E-state index in [1.165, 1.54) is 0 Å². The van der Waals surface area contributed by atoms with Gasteiger partial charge in [0.1, 0.15) is 11.7 Å². The van der Waals surface area contributed by atoms with Gasteiger partial charge in [0.25, 0.3) is 0 Å². The molecule has 0 unspecified atom stereocenters. The quantitative estimate of drug-likeness (QED) is 0.900. The van der Waals surface area contributed by atoms with Gasteiger partial charge in [0.05, 0.1) is 11.3 Å². The molecule has 0 aliphatic carbocycles. The number of para-hydroxylation sites is 1. The van der Waals surface area contributed by atoms with E-state index in [1.54, 1.807) is 51.1 Å². The van der Waals surface area contributed by atoms with Crippen LogP contribution in [-0.2, 0) is 4.74 Å². The zero-order valence-corrected chi connectivity index (χ0v) is 13.1. The van der Waals surface area contributed by atoms with E-state index in [1.807, 2.05) is 6.07 Å². The summed E-state index contributed by atoms with van der Waals surface area (Å²) in [6.45, 7) is 5.33. The minimum absolute atomic E-state index is 0.276. The van der Waals surface area contributed by atoms with Crippen LogP contribution >= 0.6 is 0 Å². The fraction of sp³-hybridized carbons (Fsp3) is 0.250. The lowest BCUT2D eigenvalue weighted by Crippen LogP contribution is -2.27. The Morgan fingerprint density at radius 3 is 2.39 bits per heavy atom. The molecule has 0 aliphatic heterocycles. The van der Waals surface area contributed by atoms with Gasteiger partial charge in [-0.3, -0.25) is 5.32 Å². The van der Waals surface area contributed by atoms with E-state index >= 15 is 0 Å². The molecule has 1 aromatic heterocycles. The Hall–Kier alpha value is -3.14. The minimum Gasteiger partial charge on any atom is -0.444 e. The first-order chi connectivity index (χ1) is 10.9. The van der Waals surface area contributed by atoms with Crippen molar-refractivity contribution in [3.8, 4) is 6.07 Å². The molecule has 0 fully saturated rings. The molecule has 0 saturated carbocycles. The second-order valence-corrected chi connectivity index (χ2v) is 5.71. The highest BCUT2D eigenvalue weighted by atomic mass is 16.6. The third kappa shape index (κ3) is 4.97. The fourth-order valence-corrected chi connectivity index (χ4v) is 1.70. The summed E-state index contributed by atoms with van der Waals surface area (Å²) >= 11 is 0. The van der Waals surface area contributed by atoms with Gasteiger partial charge in [-0.2, -0.15) is 5.26 Å². The Bertz CT molecular complexity index is 729. The van der Waals surface area contributed by atoms with Crippen molar-refractivity contribution in [1.29, 1.82) is 5.26 Å². The predicted molar refractivity (Wildman–Crippen MR) is 86.3 cm³/mol. The first kappa shape index (κ1) is 16.2. The van der Waals surface area contributed by atoms with Gasteiger partial charge in [0, 0.05) is 0 Å². The van der Waals surface area contributed by atoms with Crippen molar-refractivity contribution in [3.05, 3.63) is 42.0 Å². The van der Waals surface area contributed by atoms with Crippen LogP contribution in [0.25, 0.3) is 0 Å². The molecular weight excluding hydrogens is 294 g/mol. The lowest BCUT2D eigenvalue weighted by Gasteiger charge is -2.19. The van der Waals surface area contributed by atoms with Gasteiger partial charge in [-0.1, -0.05) is 12.1 Å². The normalized spacial score (nSPS) is 10.5. The van der Waals surface area contributed by atoms with Crippen LogP contribution in [0.1, 0.15) is 26.3 Å². The van der Waals surface area contributed by atoms with E-state index in [9.17, 15) is 4.79 Å². The summed E-state index contributed by atoms with van der Waals surface area (Å²) in [6.07, 6.45) is -0.595. The highest BCUT2D eigenvalue weighted by Gasteiger charge is 2.16. The number of anilines is 3. The number of ether oxygens (including phenoxy) is 1. The predicted octanol–water partition coefficient (Wildman–Crippen LogP) is 3.44. The average Bonchev–Trinajstić information content (AvgIpc) is 2.48. The second-order valence-electron chi connectivity index (χ2n) is 5.71. The number of hydrogen-bond donors (Lipinski definition) is 2. The number of aromatic nitrogens is 2. The van der Waals surface area contributed by atoms with Gasteiger partial charge in [0.15, 0.2) is 11.6 Å². The lowest BCUT2D eigenvalue weighted by atomic mass is 10.2. The van der Waals surface area contributed by atoms with E-state index in [0.29, 0.717) is 17.1 Å². The van der Waals surface area contributed by atoms with Gasteiger partial charge >= 0.3 is 6.09 Å². The van der Waals surface area contributed by atoms with Gasteiger partial charge in [-0.05, 0) is 45.0 Å². The second kappa shape index (κ2) is 6.75. The molecule has 0 saturated heterocycles. The standard InChI is InChI=1S/C16H17N5O2/c1-16(2,3)23-15(22)19-14-9-8-13(20-21-14)18-12-7-5-4-6-11(12)10-17/h4-9H,1-3H3,(H,18,20)(H,19,21,22). The first-order valence-electron chi connectivity index (χ1n) is 6.97. The molecule has 0 atom stereocenters. The molecule has 118 valence electrons. The van der Waals surface area contributed by atoms with Crippen molar-refractivity contribution in [1.82, 2.24) is 10.2 Å². The van der Waals surface area contributed by atoms with Crippen LogP contribution in [0.15, 0.2) is 36.4 Å². The van der Waals surface area contributed by atoms with E-state index in [4.69, 9.17) is 10.00 Å². The minimum atomic E-state index is -0.595. The van der Waals surface area contributed by atoms with Crippen LogP contribution in [0, 0.1) is 11.3 Å². The van der Waals surface area contributed by atoms with Crippen molar-refractivity contribution >= 4 is 23.4 Å². The highest BCUT2D eigenvalue weighted by molar-refractivity contribution is 5.83. The number of nitriles is 1. The van der Waals surface area contributed by atoms with Crippen molar-refractivity contribution < 1.29 is 9.53 Å². The van der Waals surface area contributed by atoms with Crippen molar-refractivity contribution in [2.45, 2.75) is 26.4 Å². The topological polar surface area (TPSA) is 99.9 Å². The molecule has 1 aromatic carbocycles. The largest absolute Gasteiger partial charge is 0.444 e. The summed E-state index contributed by atoms with van der Waals surface area (Å²) in [5.41, 5.74) is 0.558. The molecule has 2 rings (SSSR count). The van der Waals surface area contributed by atoms with Crippen LogP contribution in [0.5, 0.6) is 0 Å². The molecule has 2 aromatic rings. The maximum absolute atomic E-state index is 11.6. The molecule has 23 heavy (non-hydrogen) atoms. The van der Waals surface area contributed by atoms with Crippen molar-refractivity contribution in [2.75, 3.05) is 10.6 Å². The number of benzene rings is 1. The molecule has 1 heterocycles. The van der Waals surface area contributed by atoms with E-state index in [-0.39, 0.29) is 5.82 Å². The molecule has 0 radical (unpaired) electrons. The third-order valence-corrected chi connectivity index (χ3v) is 2.60. The number of nitrogens with one attached hydrogen (secondary N) is 2. The summed E-state index contributed by atoms with van der Waals surface area (Å²) in [5, 5.41) is 22.4. The Morgan fingerprint density at radius 2 is 1.78 bits per heavy atom. The summed E-state index contributed by atoms with van der Waals surface area (Å²) in [4.78, 5) is 11.6. The van der Waals surface area contributed by atoms with Crippen LogP contribution in [0.4, 0.5) is 22.1 Å². The van der Waals surface area contributed by atoms with Gasteiger partial charge in [-0.25, -0.2) is 4.79 Å². The molecular formula is C16H17N5O2. The number of carbonyl (C=O) groups is 1. The third-order valence-electron chi connectivity index (χ3n) is 2.60. The van der Waals surface area contributed by atoms with Gasteiger partial charge in [0.2, 0.25) is 0 Å². The molecule has 1 amide bonds. The number of hydrogen-bond acceptors (Lipinski definition) is 6. The first-order valence-corrected chi connectivity index (χ1v) is 6.97. The molecule has 0 bridgehead atoms. The number of amides is 1. The Kier molecular flexibility index (Phi) is 4.76. The maximum atomic E-state index is 11.6. The Morgan fingerprint density at radius 1 is 1.13 bits per heavy atom. The van der Waals surface area contributed by atoms with Gasteiger partial charge < -0.3 is 10.1 Å². The molecule has 0 aliphatic rings. The summed E-state index contributed by atoms with van der Waals surface area (Å²) < 4.78 is 5.13. The zero-order chi connectivity index (χ0) is 16.9. The average molecular weight is 311 g/mol. The molecule has 0 spiro atoms. The molecule has 7 heteroatoms. The number of nitrogens with zero attached hydrogens (tertiary/aromatic N) is 3. The smallest absolute Gasteiger partial charge is 0.413 e. The van der Waals surface area contributed by atoms with E-state index < -0.39 is 11.7 Å². The van der Waals surface area contributed by atoms with Crippen molar-refractivity contribution in [3.63, 3.8) is 0 Å². The highest BCUT2D eigenvalue weighted by Crippen LogP contribution is 2.19. The molecule has 7 nitrogen and oxygen atoms in total. The fourth-order valence-electron chi connectivity index (χ4n) is 1.70. The Labute approximate surface area is 134 Å². The maximum Gasteiger partial charge on any atom is 0.413 e. The lowest BCUT2D eigenvalue weighted by molar-refractivity contribution is 0.0635. The van der Waals surface area contributed by atoms with E-state index in [0.717, 1.165) is 0 Å². The van der Waals surface area contributed by atoms with E-state index in [2.05, 4.69) is 26.9 Å². The summed E-state index contributed by atoms with van der Waals surface area (Å²) in [5.74, 6) is 0.737. The zero-order valence-electron chi connectivity index (χ0n) is 13.1. The molecule has 2 N–H and O–H groups in total. The number of carbonyl (C=O) groups excluding carboxylic acids is 1. The van der Waals surface area contributed by atoms with Crippen LogP contribution in [0.3, 0.4) is 0 Å². The summed E-state index contributed by atoms with van der Waals surface area (Å²) in [6, 6.07) is 12.4. The SMILES string of the molecule is CC(C)(C)OC(=O)Nc1ccc(Nc2ccccc2C#N)nn1. The summed E-state index contributed by atoms with van der Waals surface area (Å²) in [7, 11) is 0. The monoisotopic (exact) mass is 311 g/mol. The van der Waals surface area contributed by atoms with Crippen LogP contribution < -0.4 is 10.6 Å². The Balaban J connectivity index is 2.03. The number of rotatable bonds is 3. The van der Waals surface area contributed by atoms with Crippen molar-refractivity contribution in [2.24, 2.45) is 0 Å². The van der Waals surface area contributed by atoms with Crippen LogP contribution in [0.2, 0.25) is 0 Å².